The molecule has 0 saturated heterocycles. The summed E-state index contributed by atoms with van der Waals surface area (Å²) in [6.45, 7) is 2.17. The number of para-hydroxylation sites is 1. The number of pyridine rings is 1. The van der Waals surface area contributed by atoms with Crippen LogP contribution in [0.25, 0.3) is 21.0 Å². The number of thiophene rings is 1. The van der Waals surface area contributed by atoms with Gasteiger partial charge in [0.1, 0.15) is 10.7 Å². The van der Waals surface area contributed by atoms with E-state index in [1.54, 1.807) is 11.0 Å². The lowest BCUT2D eigenvalue weighted by Gasteiger charge is -2.34. The quantitative estimate of drug-likeness (QED) is 0.347. The van der Waals surface area contributed by atoms with Gasteiger partial charge in [0.25, 0.3) is 11.5 Å². The summed E-state index contributed by atoms with van der Waals surface area (Å²) in [7, 11) is 0. The van der Waals surface area contributed by atoms with E-state index in [1.165, 1.54) is 23.5 Å². The second-order valence-corrected chi connectivity index (χ2v) is 10.2. The van der Waals surface area contributed by atoms with Gasteiger partial charge in [0.15, 0.2) is 0 Å². The number of rotatable bonds is 4. The Morgan fingerprint density at radius 3 is 2.76 bits per heavy atom. The second kappa shape index (κ2) is 8.92. The molecule has 0 aliphatic heterocycles. The Hall–Kier alpha value is -2.70. The highest BCUT2D eigenvalue weighted by atomic mass is 35.5. The van der Waals surface area contributed by atoms with E-state index in [-0.39, 0.29) is 29.9 Å². The van der Waals surface area contributed by atoms with Gasteiger partial charge in [0, 0.05) is 21.7 Å². The van der Waals surface area contributed by atoms with Crippen LogP contribution < -0.4 is 5.56 Å². The number of carbonyl (C=O) groups excluding carboxylic acids is 1. The lowest BCUT2D eigenvalue weighted by molar-refractivity contribution is 0.0618. The first kappa shape index (κ1) is 22.1. The maximum absolute atomic E-state index is 13.8. The van der Waals surface area contributed by atoms with Crippen LogP contribution in [0.1, 0.15) is 52.9 Å². The normalized spacial score (nSPS) is 14.8. The molecule has 0 atom stereocenters. The predicted octanol–water partition coefficient (Wildman–Crippen LogP) is 6.82. The zero-order chi connectivity index (χ0) is 23.1. The zero-order valence-corrected chi connectivity index (χ0v) is 19.9. The van der Waals surface area contributed by atoms with E-state index in [4.69, 9.17) is 11.6 Å². The molecule has 170 valence electrons. The van der Waals surface area contributed by atoms with E-state index in [2.05, 4.69) is 4.98 Å². The number of nitrogens with zero attached hydrogens (tertiary/aromatic N) is 1. The van der Waals surface area contributed by atoms with E-state index in [0.717, 1.165) is 48.6 Å². The number of hydrogen-bond donors (Lipinski definition) is 1. The molecular weight excluding hydrogens is 459 g/mol. The van der Waals surface area contributed by atoms with Crippen LogP contribution in [-0.2, 0) is 6.54 Å². The fraction of sp³-hybridized carbons (Fsp3) is 0.308. The molecule has 2 aromatic carbocycles. The molecule has 33 heavy (non-hydrogen) atoms. The van der Waals surface area contributed by atoms with Crippen molar-refractivity contribution in [2.45, 2.75) is 51.6 Å². The number of aromatic amines is 1. The van der Waals surface area contributed by atoms with E-state index in [9.17, 15) is 14.0 Å². The van der Waals surface area contributed by atoms with Crippen LogP contribution in [0, 0.1) is 12.7 Å². The second-order valence-electron chi connectivity index (χ2n) is 8.77. The summed E-state index contributed by atoms with van der Waals surface area (Å²) < 4.78 is 14.4. The third kappa shape index (κ3) is 4.18. The lowest BCUT2D eigenvalue weighted by Crippen LogP contribution is -2.42. The van der Waals surface area contributed by atoms with Gasteiger partial charge >= 0.3 is 0 Å². The van der Waals surface area contributed by atoms with Gasteiger partial charge in [0.05, 0.1) is 17.1 Å². The number of benzene rings is 2. The third-order valence-electron chi connectivity index (χ3n) is 6.57. The van der Waals surface area contributed by atoms with Gasteiger partial charge in [-0.25, -0.2) is 4.39 Å². The van der Waals surface area contributed by atoms with Crippen LogP contribution in [0.5, 0.6) is 0 Å². The van der Waals surface area contributed by atoms with Crippen molar-refractivity contribution in [1.82, 2.24) is 9.88 Å². The van der Waals surface area contributed by atoms with Crippen molar-refractivity contribution in [3.8, 4) is 0 Å². The summed E-state index contributed by atoms with van der Waals surface area (Å²) in [4.78, 5) is 31.9. The van der Waals surface area contributed by atoms with E-state index >= 15 is 0 Å². The Kier molecular flexibility index (Phi) is 5.97. The van der Waals surface area contributed by atoms with Crippen LogP contribution in [0.3, 0.4) is 0 Å². The molecule has 7 heteroatoms. The van der Waals surface area contributed by atoms with Gasteiger partial charge in [0.2, 0.25) is 0 Å². The number of amides is 1. The number of aryl methyl sites for hydroxylation is 1. The van der Waals surface area contributed by atoms with Crippen molar-refractivity contribution in [2.75, 3.05) is 0 Å². The van der Waals surface area contributed by atoms with Crippen molar-refractivity contribution in [2.24, 2.45) is 0 Å². The first-order chi connectivity index (χ1) is 15.9. The first-order valence-electron chi connectivity index (χ1n) is 11.2. The molecule has 1 aliphatic rings. The van der Waals surface area contributed by atoms with Crippen molar-refractivity contribution >= 4 is 49.8 Å². The third-order valence-corrected chi connectivity index (χ3v) is 8.21. The van der Waals surface area contributed by atoms with Gasteiger partial charge in [-0.15, -0.1) is 11.3 Å². The Labute approximate surface area is 200 Å². The summed E-state index contributed by atoms with van der Waals surface area (Å²) in [6, 6.07) is 12.2. The SMILES string of the molecule is Cc1cccc2cc(CN(C(=O)c3sc4cc(F)ccc4c3Cl)C3CCCCC3)c(=O)[nH]c12. The minimum absolute atomic E-state index is 0.0388. The average molecular weight is 483 g/mol. The summed E-state index contributed by atoms with van der Waals surface area (Å²) in [5, 5.41) is 1.97. The van der Waals surface area contributed by atoms with E-state index < -0.39 is 0 Å². The topological polar surface area (TPSA) is 53.2 Å². The minimum Gasteiger partial charge on any atom is -0.330 e. The Morgan fingerprint density at radius 2 is 1.97 bits per heavy atom. The van der Waals surface area contributed by atoms with Crippen molar-refractivity contribution in [3.05, 3.63) is 79.7 Å². The molecule has 4 nitrogen and oxygen atoms in total. The van der Waals surface area contributed by atoms with Gasteiger partial charge in [-0.05, 0) is 55.0 Å². The summed E-state index contributed by atoms with van der Waals surface area (Å²) in [5.74, 6) is -0.557. The average Bonchev–Trinajstić information content (AvgIpc) is 3.14. The smallest absolute Gasteiger partial charge is 0.266 e. The van der Waals surface area contributed by atoms with Gasteiger partial charge < -0.3 is 9.88 Å². The molecule has 1 saturated carbocycles. The summed E-state index contributed by atoms with van der Waals surface area (Å²) in [6.07, 6.45) is 5.04. The van der Waals surface area contributed by atoms with Crippen LogP contribution in [0.2, 0.25) is 5.02 Å². The fourth-order valence-corrected chi connectivity index (χ4v) is 6.29. The number of carbonyl (C=O) groups is 1. The zero-order valence-electron chi connectivity index (χ0n) is 18.3. The van der Waals surface area contributed by atoms with Crippen LogP contribution in [0.4, 0.5) is 4.39 Å². The first-order valence-corrected chi connectivity index (χ1v) is 12.4. The van der Waals surface area contributed by atoms with Crippen molar-refractivity contribution < 1.29 is 9.18 Å². The number of hydrogen-bond acceptors (Lipinski definition) is 3. The van der Waals surface area contributed by atoms with Gasteiger partial charge in [-0.2, -0.15) is 0 Å². The maximum atomic E-state index is 13.8. The Morgan fingerprint density at radius 1 is 1.18 bits per heavy atom. The maximum Gasteiger partial charge on any atom is 0.266 e. The monoisotopic (exact) mass is 482 g/mol. The highest BCUT2D eigenvalue weighted by Gasteiger charge is 2.30. The highest BCUT2D eigenvalue weighted by molar-refractivity contribution is 7.21. The molecule has 1 amide bonds. The number of fused-ring (bicyclic) bond motifs is 2. The lowest BCUT2D eigenvalue weighted by atomic mass is 9.93. The largest absolute Gasteiger partial charge is 0.330 e. The number of halogens is 2. The standard InChI is InChI=1S/C26H24ClFN2O2S/c1-15-6-5-7-16-12-17(25(31)29-23(15)16)14-30(19-8-3-2-4-9-19)26(32)24-22(27)20-11-10-18(28)13-21(20)33-24/h5-7,10-13,19H,2-4,8-9,14H2,1H3,(H,29,31). The molecule has 4 aromatic rings. The number of nitrogens with one attached hydrogen (secondary N) is 1. The number of aromatic nitrogens is 1. The molecule has 0 unspecified atom stereocenters. The highest BCUT2D eigenvalue weighted by Crippen LogP contribution is 2.38. The molecule has 1 fully saturated rings. The van der Waals surface area contributed by atoms with Crippen LogP contribution in [-0.4, -0.2) is 21.8 Å². The molecular formula is C26H24ClFN2O2S. The molecule has 0 bridgehead atoms. The summed E-state index contributed by atoms with van der Waals surface area (Å²) in [5.41, 5.74) is 2.18. The number of H-pyrrole nitrogens is 1. The molecule has 1 N–H and O–H groups in total. The Bertz CT molecular complexity index is 1420. The van der Waals surface area contributed by atoms with Crippen molar-refractivity contribution in [3.63, 3.8) is 0 Å². The molecule has 0 spiro atoms. The van der Waals surface area contributed by atoms with E-state index in [1.807, 2.05) is 31.2 Å². The molecule has 1 aliphatic carbocycles. The van der Waals surface area contributed by atoms with E-state index in [0.29, 0.717) is 25.5 Å². The molecule has 2 aromatic heterocycles. The Balaban J connectivity index is 1.56. The molecule has 2 heterocycles. The van der Waals surface area contributed by atoms with Crippen LogP contribution >= 0.6 is 22.9 Å². The summed E-state index contributed by atoms with van der Waals surface area (Å²) >= 11 is 7.80. The van der Waals surface area contributed by atoms with Gasteiger partial charge in [-0.1, -0.05) is 49.1 Å². The molecule has 0 radical (unpaired) electrons. The van der Waals surface area contributed by atoms with Crippen molar-refractivity contribution in [1.29, 1.82) is 0 Å². The minimum atomic E-state index is -0.360. The fourth-order valence-electron chi connectivity index (χ4n) is 4.80. The molecule has 5 rings (SSSR count). The predicted molar refractivity (Wildman–Crippen MR) is 133 cm³/mol. The van der Waals surface area contributed by atoms with Crippen LogP contribution in [0.15, 0.2) is 47.3 Å². The van der Waals surface area contributed by atoms with Gasteiger partial charge in [-0.3, -0.25) is 9.59 Å².